The van der Waals surface area contributed by atoms with E-state index in [0.717, 1.165) is 23.2 Å². The van der Waals surface area contributed by atoms with Crippen molar-refractivity contribution >= 4 is 11.6 Å². The maximum absolute atomic E-state index is 12.5. The van der Waals surface area contributed by atoms with Gasteiger partial charge in [-0.25, -0.2) is 9.97 Å². The van der Waals surface area contributed by atoms with Crippen molar-refractivity contribution < 1.29 is 9.53 Å². The molecular formula is C23H20N6O2. The topological polar surface area (TPSA) is 103 Å². The summed E-state index contributed by atoms with van der Waals surface area (Å²) in [5.74, 6) is 0.188. The molecule has 0 bridgehead atoms. The van der Waals surface area contributed by atoms with Gasteiger partial charge in [-0.05, 0) is 43.2 Å². The third-order valence-electron chi connectivity index (χ3n) is 4.54. The lowest BCUT2D eigenvalue weighted by atomic mass is 10.2. The average molecular weight is 412 g/mol. The number of pyridine rings is 1. The van der Waals surface area contributed by atoms with Crippen LogP contribution in [0.3, 0.4) is 0 Å². The van der Waals surface area contributed by atoms with Crippen LogP contribution in [0.15, 0.2) is 67.4 Å². The summed E-state index contributed by atoms with van der Waals surface area (Å²) >= 11 is 0. The number of hydrogen-bond acceptors (Lipinski definition) is 7. The van der Waals surface area contributed by atoms with Crippen LogP contribution in [-0.4, -0.2) is 30.8 Å². The van der Waals surface area contributed by atoms with Gasteiger partial charge in [-0.1, -0.05) is 13.0 Å². The first-order chi connectivity index (χ1) is 15.1. The summed E-state index contributed by atoms with van der Waals surface area (Å²) in [5, 5.41) is 2.82. The third-order valence-corrected chi connectivity index (χ3v) is 4.54. The van der Waals surface area contributed by atoms with Gasteiger partial charge in [0.05, 0.1) is 17.6 Å². The van der Waals surface area contributed by atoms with Crippen molar-refractivity contribution in [1.82, 2.24) is 24.9 Å². The van der Waals surface area contributed by atoms with Crippen LogP contribution in [0.5, 0.6) is 11.8 Å². The van der Waals surface area contributed by atoms with Crippen LogP contribution in [0, 0.1) is 6.92 Å². The Morgan fingerprint density at radius 1 is 1.03 bits per heavy atom. The van der Waals surface area contributed by atoms with E-state index in [1.807, 2.05) is 32.0 Å². The number of nitrogens with one attached hydrogen (secondary N) is 1. The molecule has 0 spiro atoms. The summed E-state index contributed by atoms with van der Waals surface area (Å²) in [6.45, 7) is 3.88. The number of rotatable bonds is 6. The lowest BCUT2D eigenvalue weighted by Gasteiger charge is -2.11. The molecule has 154 valence electrons. The molecule has 0 aliphatic heterocycles. The van der Waals surface area contributed by atoms with Crippen molar-refractivity contribution in [2.45, 2.75) is 20.3 Å². The number of anilines is 1. The molecule has 0 atom stereocenters. The second-order valence-corrected chi connectivity index (χ2v) is 6.75. The Hall–Kier alpha value is -4.20. The molecule has 3 heterocycles. The van der Waals surface area contributed by atoms with E-state index in [4.69, 9.17) is 4.74 Å². The van der Waals surface area contributed by atoms with Crippen LogP contribution < -0.4 is 10.1 Å². The maximum atomic E-state index is 12.5. The fourth-order valence-corrected chi connectivity index (χ4v) is 2.80. The van der Waals surface area contributed by atoms with E-state index < -0.39 is 0 Å². The van der Waals surface area contributed by atoms with E-state index in [2.05, 4.69) is 30.2 Å². The summed E-state index contributed by atoms with van der Waals surface area (Å²) in [7, 11) is 0. The summed E-state index contributed by atoms with van der Waals surface area (Å²) in [5.41, 5.74) is 4.08. The number of aromatic nitrogens is 5. The van der Waals surface area contributed by atoms with E-state index in [1.165, 1.54) is 6.20 Å². The molecule has 0 saturated carbocycles. The van der Waals surface area contributed by atoms with E-state index in [1.54, 1.807) is 43.0 Å². The predicted octanol–water partition coefficient (Wildman–Crippen LogP) is 4.24. The number of nitrogens with zero attached hydrogens (tertiary/aromatic N) is 5. The molecule has 0 unspecified atom stereocenters. The molecule has 0 saturated heterocycles. The van der Waals surface area contributed by atoms with Crippen LogP contribution in [0.25, 0.3) is 11.3 Å². The van der Waals surface area contributed by atoms with Crippen molar-refractivity contribution in [1.29, 1.82) is 0 Å². The summed E-state index contributed by atoms with van der Waals surface area (Å²) in [4.78, 5) is 33.6. The second-order valence-electron chi connectivity index (χ2n) is 6.75. The first-order valence-electron chi connectivity index (χ1n) is 9.76. The largest absolute Gasteiger partial charge is 0.424 e. The highest BCUT2D eigenvalue weighted by molar-refractivity contribution is 6.02. The van der Waals surface area contributed by atoms with Gasteiger partial charge in [-0.3, -0.25) is 14.8 Å². The van der Waals surface area contributed by atoms with Gasteiger partial charge in [0.2, 0.25) is 0 Å². The average Bonchev–Trinajstić information content (AvgIpc) is 2.82. The standard InChI is InChI=1S/C23H20N6O2/c1-3-17-13-27-20(14-26-17)22(30)28-18-7-6-15(2)21(11-18)31-23-25-10-8-19(29-23)16-5-4-9-24-12-16/h4-14H,3H2,1-2H3,(H,28,30). The van der Waals surface area contributed by atoms with E-state index in [0.29, 0.717) is 17.1 Å². The summed E-state index contributed by atoms with van der Waals surface area (Å²) in [6, 6.07) is 11.1. The van der Waals surface area contributed by atoms with Crippen LogP contribution >= 0.6 is 0 Å². The number of hydrogen-bond donors (Lipinski definition) is 1. The summed E-state index contributed by atoms with van der Waals surface area (Å²) < 4.78 is 5.91. The van der Waals surface area contributed by atoms with Crippen LogP contribution in [0.4, 0.5) is 5.69 Å². The van der Waals surface area contributed by atoms with Crippen molar-refractivity contribution in [3.8, 4) is 23.0 Å². The number of ether oxygens (including phenoxy) is 1. The number of carbonyl (C=O) groups excluding carboxylic acids is 1. The Morgan fingerprint density at radius 2 is 1.94 bits per heavy atom. The molecule has 4 aromatic rings. The van der Waals surface area contributed by atoms with E-state index in [9.17, 15) is 4.79 Å². The fourth-order valence-electron chi connectivity index (χ4n) is 2.80. The molecular weight excluding hydrogens is 392 g/mol. The second kappa shape index (κ2) is 9.08. The highest BCUT2D eigenvalue weighted by Crippen LogP contribution is 2.27. The lowest BCUT2D eigenvalue weighted by molar-refractivity contribution is 0.102. The van der Waals surface area contributed by atoms with Gasteiger partial charge in [0.25, 0.3) is 5.91 Å². The third kappa shape index (κ3) is 4.87. The predicted molar refractivity (Wildman–Crippen MR) is 116 cm³/mol. The van der Waals surface area contributed by atoms with Gasteiger partial charge >= 0.3 is 6.01 Å². The zero-order valence-electron chi connectivity index (χ0n) is 17.1. The molecule has 1 N–H and O–H groups in total. The van der Waals surface area contributed by atoms with Crippen molar-refractivity contribution in [2.24, 2.45) is 0 Å². The fraction of sp³-hybridized carbons (Fsp3) is 0.130. The molecule has 1 aromatic carbocycles. The van der Waals surface area contributed by atoms with Gasteiger partial charge in [-0.15, -0.1) is 0 Å². The van der Waals surface area contributed by atoms with Crippen molar-refractivity contribution in [2.75, 3.05) is 5.32 Å². The van der Waals surface area contributed by atoms with Gasteiger partial charge < -0.3 is 10.1 Å². The molecule has 0 radical (unpaired) electrons. The minimum Gasteiger partial charge on any atom is -0.424 e. The first-order valence-corrected chi connectivity index (χ1v) is 9.76. The highest BCUT2D eigenvalue weighted by atomic mass is 16.5. The van der Waals surface area contributed by atoms with Gasteiger partial charge in [-0.2, -0.15) is 4.98 Å². The molecule has 8 heteroatoms. The van der Waals surface area contributed by atoms with Crippen LogP contribution in [0.1, 0.15) is 28.7 Å². The van der Waals surface area contributed by atoms with Crippen molar-refractivity contribution in [3.63, 3.8) is 0 Å². The Morgan fingerprint density at radius 3 is 2.68 bits per heavy atom. The molecule has 0 fully saturated rings. The van der Waals surface area contributed by atoms with Crippen LogP contribution in [-0.2, 0) is 6.42 Å². The highest BCUT2D eigenvalue weighted by Gasteiger charge is 2.12. The number of benzene rings is 1. The normalized spacial score (nSPS) is 10.5. The Bertz CT molecular complexity index is 1200. The lowest BCUT2D eigenvalue weighted by Crippen LogP contribution is -2.14. The Kier molecular flexibility index (Phi) is 5.89. The molecule has 1 amide bonds. The zero-order chi connectivity index (χ0) is 21.6. The number of aryl methyl sites for hydroxylation is 2. The van der Waals surface area contributed by atoms with E-state index in [-0.39, 0.29) is 17.6 Å². The Labute approximate surface area is 179 Å². The minimum atomic E-state index is -0.347. The first kappa shape index (κ1) is 20.1. The molecule has 4 rings (SSSR count). The van der Waals surface area contributed by atoms with Gasteiger partial charge in [0, 0.05) is 42.1 Å². The maximum Gasteiger partial charge on any atom is 0.322 e. The monoisotopic (exact) mass is 412 g/mol. The number of carbonyl (C=O) groups is 1. The van der Waals surface area contributed by atoms with Gasteiger partial charge in [0.1, 0.15) is 11.4 Å². The quantitative estimate of drug-likeness (QED) is 0.505. The molecule has 3 aromatic heterocycles. The van der Waals surface area contributed by atoms with Gasteiger partial charge in [0.15, 0.2) is 0 Å². The zero-order valence-corrected chi connectivity index (χ0v) is 17.1. The molecule has 31 heavy (non-hydrogen) atoms. The molecule has 0 aliphatic carbocycles. The van der Waals surface area contributed by atoms with Crippen LogP contribution in [0.2, 0.25) is 0 Å². The van der Waals surface area contributed by atoms with Crippen molar-refractivity contribution in [3.05, 3.63) is 84.3 Å². The van der Waals surface area contributed by atoms with E-state index >= 15 is 0 Å². The smallest absolute Gasteiger partial charge is 0.322 e. The molecule has 8 nitrogen and oxygen atoms in total. The molecule has 0 aliphatic rings. The SMILES string of the molecule is CCc1cnc(C(=O)Nc2ccc(C)c(Oc3nccc(-c4cccnc4)n3)c2)cn1. The summed E-state index contributed by atoms with van der Waals surface area (Å²) in [6.07, 6.45) is 8.89. The minimum absolute atomic E-state index is 0.203. The number of amides is 1. The Balaban J connectivity index is 1.52.